The molecule has 5 nitrogen and oxygen atoms in total. The van der Waals surface area contributed by atoms with E-state index in [9.17, 15) is 0 Å². The Morgan fingerprint density at radius 1 is 1.61 bits per heavy atom. The fraction of sp³-hybridized carbons (Fsp3) is 0.538. The molecule has 18 heavy (non-hydrogen) atoms. The minimum Gasteiger partial charge on any atom is -0.409 e. The number of oxime groups is 1. The van der Waals surface area contributed by atoms with Gasteiger partial charge in [-0.1, -0.05) is 11.6 Å². The van der Waals surface area contributed by atoms with Crippen LogP contribution in [0.5, 0.6) is 0 Å². The number of amidine groups is 1. The maximum absolute atomic E-state index is 8.83. The highest BCUT2D eigenvalue weighted by Gasteiger charge is 2.22. The van der Waals surface area contributed by atoms with Crippen LogP contribution >= 0.6 is 0 Å². The lowest BCUT2D eigenvalue weighted by molar-refractivity contribution is 0.317. The highest BCUT2D eigenvalue weighted by Crippen LogP contribution is 2.29. The Morgan fingerprint density at radius 3 is 2.94 bits per heavy atom. The van der Waals surface area contributed by atoms with E-state index in [1.807, 2.05) is 0 Å². The Kier molecular flexibility index (Phi) is 4.02. The second kappa shape index (κ2) is 5.71. The fourth-order valence-corrected chi connectivity index (χ4v) is 2.29. The molecule has 2 rings (SSSR count). The average Bonchev–Trinajstić information content (AvgIpc) is 2.37. The van der Waals surface area contributed by atoms with E-state index in [-0.39, 0.29) is 5.84 Å². The lowest BCUT2D eigenvalue weighted by atomic mass is 9.85. The Hall–Kier alpha value is -1.78. The second-order valence-electron chi connectivity index (χ2n) is 4.71. The molecule has 3 N–H and O–H groups in total. The molecule has 0 unspecified atom stereocenters. The number of rotatable bonds is 5. The van der Waals surface area contributed by atoms with Crippen LogP contribution in [0.25, 0.3) is 0 Å². The van der Waals surface area contributed by atoms with E-state index in [1.54, 1.807) is 18.5 Å². The fourth-order valence-electron chi connectivity index (χ4n) is 2.29. The molecule has 1 aliphatic rings. The van der Waals surface area contributed by atoms with Gasteiger partial charge in [0.15, 0.2) is 5.84 Å². The zero-order chi connectivity index (χ0) is 13.0. The molecule has 1 aromatic heterocycles. The van der Waals surface area contributed by atoms with Gasteiger partial charge in [-0.15, -0.1) is 0 Å². The molecule has 1 heterocycles. The summed E-state index contributed by atoms with van der Waals surface area (Å²) in [5.74, 6) is 0.907. The van der Waals surface area contributed by atoms with Crippen molar-refractivity contribution < 1.29 is 5.21 Å². The minimum atomic E-state index is 0.138. The summed E-state index contributed by atoms with van der Waals surface area (Å²) in [6, 6.07) is 1.79. The number of hydrogen-bond donors (Lipinski definition) is 2. The predicted molar refractivity (Wildman–Crippen MR) is 72.0 cm³/mol. The van der Waals surface area contributed by atoms with Crippen molar-refractivity contribution in [1.29, 1.82) is 0 Å². The first kappa shape index (κ1) is 12.7. The molecule has 98 valence electrons. The van der Waals surface area contributed by atoms with Crippen LogP contribution in [0.2, 0.25) is 0 Å². The molecule has 0 bridgehead atoms. The van der Waals surface area contributed by atoms with Crippen LogP contribution in [0, 0.1) is 5.92 Å². The number of hydrogen-bond acceptors (Lipinski definition) is 4. The van der Waals surface area contributed by atoms with Crippen molar-refractivity contribution in [3.63, 3.8) is 0 Å². The molecule has 1 fully saturated rings. The van der Waals surface area contributed by atoms with E-state index in [1.165, 1.54) is 19.3 Å². The van der Waals surface area contributed by atoms with Gasteiger partial charge in [-0.2, -0.15) is 0 Å². The van der Waals surface area contributed by atoms with Crippen molar-refractivity contribution in [2.45, 2.75) is 26.2 Å². The topological polar surface area (TPSA) is 74.7 Å². The average molecular weight is 248 g/mol. The zero-order valence-corrected chi connectivity index (χ0v) is 10.7. The van der Waals surface area contributed by atoms with Crippen LogP contribution in [-0.4, -0.2) is 29.1 Å². The van der Waals surface area contributed by atoms with Crippen LogP contribution in [0.1, 0.15) is 31.7 Å². The lowest BCUT2D eigenvalue weighted by Gasteiger charge is -2.33. The van der Waals surface area contributed by atoms with Gasteiger partial charge in [0.25, 0.3) is 0 Å². The van der Waals surface area contributed by atoms with E-state index in [4.69, 9.17) is 10.9 Å². The van der Waals surface area contributed by atoms with Gasteiger partial charge < -0.3 is 15.8 Å². The Morgan fingerprint density at radius 2 is 2.39 bits per heavy atom. The smallest absolute Gasteiger partial charge is 0.172 e. The summed E-state index contributed by atoms with van der Waals surface area (Å²) in [6.45, 7) is 4.03. The number of aromatic nitrogens is 1. The van der Waals surface area contributed by atoms with Crippen molar-refractivity contribution in [3.05, 3.63) is 24.0 Å². The summed E-state index contributed by atoms with van der Waals surface area (Å²) in [5.41, 5.74) is 7.40. The van der Waals surface area contributed by atoms with E-state index in [2.05, 4.69) is 22.0 Å². The van der Waals surface area contributed by atoms with Gasteiger partial charge in [0, 0.05) is 24.8 Å². The first-order valence-electron chi connectivity index (χ1n) is 6.43. The standard InChI is InChI=1S/C13H20N4O/c1-2-17(9-10-4-3-5-10)12-8-15-7-6-11(12)13(14)16-18/h6-8,10,18H,2-5,9H2,1H3,(H2,14,16). The summed E-state index contributed by atoms with van der Waals surface area (Å²) in [5, 5.41) is 11.9. The van der Waals surface area contributed by atoms with E-state index < -0.39 is 0 Å². The number of nitrogens with two attached hydrogens (primary N) is 1. The van der Waals surface area contributed by atoms with Crippen molar-refractivity contribution in [2.75, 3.05) is 18.0 Å². The third-order valence-electron chi connectivity index (χ3n) is 3.61. The SMILES string of the molecule is CCN(CC1CCC1)c1cnccc1/C(N)=N/O. The van der Waals surface area contributed by atoms with Crippen molar-refractivity contribution >= 4 is 11.5 Å². The van der Waals surface area contributed by atoms with Crippen molar-refractivity contribution in [3.8, 4) is 0 Å². The van der Waals surface area contributed by atoms with Gasteiger partial charge in [-0.25, -0.2) is 0 Å². The van der Waals surface area contributed by atoms with E-state index in [0.29, 0.717) is 0 Å². The molecule has 1 aromatic rings. The van der Waals surface area contributed by atoms with Crippen LogP contribution in [-0.2, 0) is 0 Å². The molecule has 0 aliphatic heterocycles. The Balaban J connectivity index is 2.23. The molecule has 0 aromatic carbocycles. The zero-order valence-electron chi connectivity index (χ0n) is 10.7. The number of pyridine rings is 1. The Bertz CT molecular complexity index is 429. The molecule has 5 heteroatoms. The first-order chi connectivity index (χ1) is 8.76. The minimum absolute atomic E-state index is 0.138. The maximum Gasteiger partial charge on any atom is 0.172 e. The summed E-state index contributed by atoms with van der Waals surface area (Å²) < 4.78 is 0. The number of nitrogens with zero attached hydrogens (tertiary/aromatic N) is 3. The molecular formula is C13H20N4O. The molecule has 1 aliphatic carbocycles. The molecule has 0 atom stereocenters. The number of anilines is 1. The molecular weight excluding hydrogens is 228 g/mol. The van der Waals surface area contributed by atoms with Crippen molar-refractivity contribution in [1.82, 2.24) is 4.98 Å². The molecule has 0 spiro atoms. The third kappa shape index (κ3) is 2.55. The van der Waals surface area contributed by atoms with Crippen LogP contribution < -0.4 is 10.6 Å². The summed E-state index contributed by atoms with van der Waals surface area (Å²) >= 11 is 0. The second-order valence-corrected chi connectivity index (χ2v) is 4.71. The van der Waals surface area contributed by atoms with E-state index in [0.717, 1.165) is 30.3 Å². The van der Waals surface area contributed by atoms with Crippen LogP contribution in [0.3, 0.4) is 0 Å². The predicted octanol–water partition coefficient (Wildman–Crippen LogP) is 1.80. The Labute approximate surface area is 107 Å². The van der Waals surface area contributed by atoms with Gasteiger partial charge in [0.2, 0.25) is 0 Å². The highest BCUT2D eigenvalue weighted by atomic mass is 16.4. The summed E-state index contributed by atoms with van der Waals surface area (Å²) in [6.07, 6.45) is 7.39. The molecule has 1 saturated carbocycles. The summed E-state index contributed by atoms with van der Waals surface area (Å²) in [4.78, 5) is 6.40. The molecule has 0 radical (unpaired) electrons. The van der Waals surface area contributed by atoms with Crippen LogP contribution in [0.15, 0.2) is 23.6 Å². The molecule has 0 saturated heterocycles. The van der Waals surface area contributed by atoms with E-state index >= 15 is 0 Å². The third-order valence-corrected chi connectivity index (χ3v) is 3.61. The largest absolute Gasteiger partial charge is 0.409 e. The van der Waals surface area contributed by atoms with Crippen LogP contribution in [0.4, 0.5) is 5.69 Å². The highest BCUT2D eigenvalue weighted by molar-refractivity contribution is 6.01. The van der Waals surface area contributed by atoms with Gasteiger partial charge >= 0.3 is 0 Å². The van der Waals surface area contributed by atoms with Gasteiger partial charge in [0.05, 0.1) is 11.9 Å². The molecule has 0 amide bonds. The van der Waals surface area contributed by atoms with Gasteiger partial charge in [-0.3, -0.25) is 4.98 Å². The summed E-state index contributed by atoms with van der Waals surface area (Å²) in [7, 11) is 0. The van der Waals surface area contributed by atoms with Crippen molar-refractivity contribution in [2.24, 2.45) is 16.8 Å². The first-order valence-corrected chi connectivity index (χ1v) is 6.43. The maximum atomic E-state index is 8.83. The van der Waals surface area contributed by atoms with Gasteiger partial charge in [-0.05, 0) is 31.7 Å². The lowest BCUT2D eigenvalue weighted by Crippen LogP contribution is -2.34. The quantitative estimate of drug-likeness (QED) is 0.360. The normalized spacial score (nSPS) is 16.4. The van der Waals surface area contributed by atoms with Gasteiger partial charge in [0.1, 0.15) is 0 Å². The monoisotopic (exact) mass is 248 g/mol.